The largest absolute Gasteiger partial charge is 0.490 e. The Morgan fingerprint density at radius 2 is 2.05 bits per heavy atom. The third-order valence-corrected chi connectivity index (χ3v) is 4.68. The normalized spacial score (nSPS) is 21.0. The zero-order chi connectivity index (χ0) is 14.8. The minimum atomic E-state index is -0.367. The predicted octanol–water partition coefficient (Wildman–Crippen LogP) is 2.33. The first-order valence-electron chi connectivity index (χ1n) is 8.09. The van der Waals surface area contributed by atoms with Gasteiger partial charge in [-0.2, -0.15) is 0 Å². The Morgan fingerprint density at radius 3 is 2.76 bits per heavy atom. The molecule has 4 nitrogen and oxygen atoms in total. The Hall–Kier alpha value is -1.26. The molecule has 4 heteroatoms. The van der Waals surface area contributed by atoms with Gasteiger partial charge in [-0.3, -0.25) is 0 Å². The number of anilines is 1. The maximum absolute atomic E-state index is 10.7. The first-order chi connectivity index (χ1) is 10.2. The van der Waals surface area contributed by atoms with Crippen molar-refractivity contribution in [2.45, 2.75) is 38.8 Å². The third-order valence-electron chi connectivity index (χ3n) is 4.68. The van der Waals surface area contributed by atoms with E-state index in [1.165, 1.54) is 0 Å². The lowest BCUT2D eigenvalue weighted by atomic mass is 9.88. The van der Waals surface area contributed by atoms with Gasteiger partial charge in [-0.1, -0.05) is 6.07 Å². The van der Waals surface area contributed by atoms with E-state index >= 15 is 0 Å². The van der Waals surface area contributed by atoms with Crippen molar-refractivity contribution in [2.75, 3.05) is 31.1 Å². The molecule has 0 amide bonds. The Kier molecular flexibility index (Phi) is 4.36. The van der Waals surface area contributed by atoms with Crippen molar-refractivity contribution in [3.63, 3.8) is 0 Å². The number of ether oxygens (including phenoxy) is 1. The molecular formula is C17H26N2O2. The fourth-order valence-electron chi connectivity index (χ4n) is 3.41. The fraction of sp³-hybridized carbons (Fsp3) is 0.647. The van der Waals surface area contributed by atoms with Crippen LogP contribution < -0.4 is 15.0 Å². The lowest BCUT2D eigenvalue weighted by Gasteiger charge is -2.35. The van der Waals surface area contributed by atoms with Crippen LogP contribution in [0.5, 0.6) is 5.75 Å². The van der Waals surface area contributed by atoms with Gasteiger partial charge in [0.25, 0.3) is 0 Å². The smallest absolute Gasteiger partial charge is 0.142 e. The monoisotopic (exact) mass is 290 g/mol. The molecule has 1 fully saturated rings. The van der Waals surface area contributed by atoms with Gasteiger partial charge in [-0.15, -0.1) is 0 Å². The number of fused-ring (bicyclic) bond motifs is 1. The summed E-state index contributed by atoms with van der Waals surface area (Å²) in [5.41, 5.74) is 2.15. The van der Waals surface area contributed by atoms with E-state index in [-0.39, 0.29) is 6.10 Å². The first-order valence-corrected chi connectivity index (χ1v) is 8.09. The van der Waals surface area contributed by atoms with Crippen LogP contribution in [0, 0.1) is 5.92 Å². The molecule has 1 saturated heterocycles. The molecule has 0 radical (unpaired) electrons. The van der Waals surface area contributed by atoms with Gasteiger partial charge < -0.3 is 20.1 Å². The van der Waals surface area contributed by atoms with Gasteiger partial charge in [0, 0.05) is 6.04 Å². The van der Waals surface area contributed by atoms with Crippen molar-refractivity contribution in [3.05, 3.63) is 23.8 Å². The molecule has 0 saturated carbocycles. The second-order valence-corrected chi connectivity index (χ2v) is 6.40. The van der Waals surface area contributed by atoms with Crippen LogP contribution in [0.2, 0.25) is 0 Å². The van der Waals surface area contributed by atoms with Gasteiger partial charge in [-0.05, 0) is 63.4 Å². The summed E-state index contributed by atoms with van der Waals surface area (Å²) in [7, 11) is 0. The molecule has 21 heavy (non-hydrogen) atoms. The van der Waals surface area contributed by atoms with E-state index in [1.54, 1.807) is 0 Å². The summed E-state index contributed by atoms with van der Waals surface area (Å²) >= 11 is 0. The molecular weight excluding hydrogens is 264 g/mol. The summed E-state index contributed by atoms with van der Waals surface area (Å²) in [5, 5.41) is 14.0. The number of hydrogen-bond donors (Lipinski definition) is 2. The minimum absolute atomic E-state index is 0.362. The number of rotatable bonds is 3. The number of aliphatic hydroxyl groups excluding tert-OH is 1. The van der Waals surface area contributed by atoms with Gasteiger partial charge in [0.15, 0.2) is 0 Å². The highest BCUT2D eigenvalue weighted by atomic mass is 16.5. The SMILES string of the molecule is CC(C)N1CCOc2ccc(C(O)C3CCNCC3)cc21. The van der Waals surface area contributed by atoms with Gasteiger partial charge >= 0.3 is 0 Å². The van der Waals surface area contributed by atoms with E-state index in [2.05, 4.69) is 30.1 Å². The molecule has 3 rings (SSSR count). The average Bonchev–Trinajstić information content (AvgIpc) is 2.53. The summed E-state index contributed by atoms with van der Waals surface area (Å²) in [5.74, 6) is 1.30. The zero-order valence-corrected chi connectivity index (χ0v) is 13.0. The molecule has 2 aliphatic heterocycles. The highest BCUT2D eigenvalue weighted by molar-refractivity contribution is 5.62. The molecule has 2 heterocycles. The zero-order valence-electron chi connectivity index (χ0n) is 13.0. The molecule has 0 aromatic heterocycles. The Balaban J connectivity index is 1.85. The lowest BCUT2D eigenvalue weighted by molar-refractivity contribution is 0.0888. The van der Waals surface area contributed by atoms with Crippen molar-refractivity contribution >= 4 is 5.69 Å². The second-order valence-electron chi connectivity index (χ2n) is 6.40. The van der Waals surface area contributed by atoms with Crippen LogP contribution in [-0.2, 0) is 0 Å². The second kappa shape index (κ2) is 6.24. The van der Waals surface area contributed by atoms with Gasteiger partial charge in [0.05, 0.1) is 18.3 Å². The fourth-order valence-corrected chi connectivity index (χ4v) is 3.41. The number of hydrogen-bond acceptors (Lipinski definition) is 4. The van der Waals surface area contributed by atoms with Crippen LogP contribution in [0.15, 0.2) is 18.2 Å². The van der Waals surface area contributed by atoms with Crippen LogP contribution >= 0.6 is 0 Å². The number of benzene rings is 1. The van der Waals surface area contributed by atoms with E-state index in [1.807, 2.05) is 12.1 Å². The van der Waals surface area contributed by atoms with Crippen molar-refractivity contribution in [3.8, 4) is 5.75 Å². The van der Waals surface area contributed by atoms with Crippen molar-refractivity contribution in [2.24, 2.45) is 5.92 Å². The summed E-state index contributed by atoms with van der Waals surface area (Å²) in [6.45, 7) is 8.07. The molecule has 2 N–H and O–H groups in total. The molecule has 1 unspecified atom stereocenters. The average molecular weight is 290 g/mol. The molecule has 0 aliphatic carbocycles. The summed E-state index contributed by atoms with van der Waals surface area (Å²) in [6.07, 6.45) is 1.72. The number of nitrogens with zero attached hydrogens (tertiary/aromatic N) is 1. The molecule has 1 atom stereocenters. The van der Waals surface area contributed by atoms with E-state index in [0.29, 0.717) is 12.0 Å². The number of nitrogens with one attached hydrogen (secondary N) is 1. The summed E-state index contributed by atoms with van der Waals surface area (Å²) in [4.78, 5) is 2.36. The number of piperidine rings is 1. The van der Waals surface area contributed by atoms with Crippen LogP contribution in [0.4, 0.5) is 5.69 Å². The van der Waals surface area contributed by atoms with Gasteiger partial charge in [-0.25, -0.2) is 0 Å². The van der Waals surface area contributed by atoms with Crippen molar-refractivity contribution in [1.29, 1.82) is 0 Å². The lowest BCUT2D eigenvalue weighted by Crippen LogP contribution is -2.38. The highest BCUT2D eigenvalue weighted by Crippen LogP contribution is 2.37. The van der Waals surface area contributed by atoms with Crippen molar-refractivity contribution in [1.82, 2.24) is 5.32 Å². The molecule has 2 aliphatic rings. The van der Waals surface area contributed by atoms with E-state index in [9.17, 15) is 5.11 Å². The maximum Gasteiger partial charge on any atom is 0.142 e. The molecule has 0 spiro atoms. The summed E-state index contributed by atoms with van der Waals surface area (Å²) in [6, 6.07) is 6.61. The minimum Gasteiger partial charge on any atom is -0.490 e. The maximum atomic E-state index is 10.7. The Bertz CT molecular complexity index is 484. The van der Waals surface area contributed by atoms with E-state index in [0.717, 1.165) is 56.1 Å². The Labute approximate surface area is 127 Å². The first kappa shape index (κ1) is 14.7. The van der Waals surface area contributed by atoms with Crippen LogP contribution in [0.1, 0.15) is 38.4 Å². The standard InChI is InChI=1S/C17H26N2O2/c1-12(2)19-9-10-21-16-4-3-14(11-15(16)19)17(20)13-5-7-18-8-6-13/h3-4,11-13,17-18,20H,5-10H2,1-2H3. The third kappa shape index (κ3) is 3.01. The molecule has 116 valence electrons. The predicted molar refractivity (Wildman–Crippen MR) is 85.0 cm³/mol. The van der Waals surface area contributed by atoms with Gasteiger partial charge in [0.1, 0.15) is 12.4 Å². The molecule has 1 aromatic carbocycles. The van der Waals surface area contributed by atoms with Crippen LogP contribution in [0.25, 0.3) is 0 Å². The van der Waals surface area contributed by atoms with Crippen LogP contribution in [-0.4, -0.2) is 37.4 Å². The molecule has 1 aromatic rings. The molecule has 0 bridgehead atoms. The number of aliphatic hydroxyl groups is 1. The van der Waals surface area contributed by atoms with Crippen molar-refractivity contribution < 1.29 is 9.84 Å². The Morgan fingerprint density at radius 1 is 1.29 bits per heavy atom. The highest BCUT2D eigenvalue weighted by Gasteiger charge is 2.26. The quantitative estimate of drug-likeness (QED) is 0.897. The van der Waals surface area contributed by atoms with Gasteiger partial charge in [0.2, 0.25) is 0 Å². The summed E-state index contributed by atoms with van der Waals surface area (Å²) < 4.78 is 5.75. The van der Waals surface area contributed by atoms with E-state index in [4.69, 9.17) is 4.74 Å². The topological polar surface area (TPSA) is 44.7 Å². The van der Waals surface area contributed by atoms with E-state index < -0.39 is 0 Å². The van der Waals surface area contributed by atoms with Crippen LogP contribution in [0.3, 0.4) is 0 Å².